The molecule has 0 radical (unpaired) electrons. The first-order valence-corrected chi connectivity index (χ1v) is 9.33. The summed E-state index contributed by atoms with van der Waals surface area (Å²) in [6, 6.07) is 12.1. The van der Waals surface area contributed by atoms with E-state index in [9.17, 15) is 8.78 Å². The molecule has 0 aromatic heterocycles. The number of fused-ring (bicyclic) bond motifs is 1. The van der Waals surface area contributed by atoms with Crippen LogP contribution in [0.3, 0.4) is 0 Å². The second-order valence-electron chi connectivity index (χ2n) is 7.10. The second kappa shape index (κ2) is 7.72. The molecule has 2 aromatic rings. The molecule has 138 valence electrons. The van der Waals surface area contributed by atoms with Crippen molar-refractivity contribution in [1.29, 1.82) is 0 Å². The van der Waals surface area contributed by atoms with Gasteiger partial charge >= 0.3 is 0 Å². The molecule has 4 rings (SSSR count). The van der Waals surface area contributed by atoms with Crippen molar-refractivity contribution in [2.24, 2.45) is 0 Å². The summed E-state index contributed by atoms with van der Waals surface area (Å²) in [6.45, 7) is 3.38. The quantitative estimate of drug-likeness (QED) is 0.899. The van der Waals surface area contributed by atoms with Gasteiger partial charge in [0.05, 0.1) is 12.7 Å². The molecule has 0 saturated carbocycles. The molecule has 0 aliphatic carbocycles. The zero-order valence-electron chi connectivity index (χ0n) is 14.8. The second-order valence-corrected chi connectivity index (χ2v) is 7.10. The van der Waals surface area contributed by atoms with E-state index in [-0.39, 0.29) is 17.7 Å². The lowest BCUT2D eigenvalue weighted by Crippen LogP contribution is -2.50. The van der Waals surface area contributed by atoms with E-state index >= 15 is 0 Å². The first kappa shape index (κ1) is 17.4. The molecule has 2 atom stereocenters. The normalized spacial score (nSPS) is 22.9. The first-order chi connectivity index (χ1) is 12.7. The summed E-state index contributed by atoms with van der Waals surface area (Å²) in [5.74, 6) is -0.377. The highest BCUT2D eigenvalue weighted by Gasteiger charge is 2.25. The van der Waals surface area contributed by atoms with Crippen LogP contribution in [-0.2, 0) is 11.2 Å². The number of nitrogens with one attached hydrogen (secondary N) is 1. The molecular formula is C21H24F2N2O. The minimum atomic E-state index is -0.204. The van der Waals surface area contributed by atoms with Crippen molar-refractivity contribution in [2.75, 3.05) is 31.1 Å². The zero-order chi connectivity index (χ0) is 17.9. The van der Waals surface area contributed by atoms with E-state index in [2.05, 4.69) is 10.2 Å². The number of benzene rings is 2. The third kappa shape index (κ3) is 3.89. The molecule has 1 fully saturated rings. The van der Waals surface area contributed by atoms with Crippen LogP contribution in [0, 0.1) is 11.6 Å². The number of hydrogen-bond acceptors (Lipinski definition) is 3. The molecule has 5 heteroatoms. The molecule has 2 heterocycles. The molecule has 3 nitrogen and oxygen atoms in total. The summed E-state index contributed by atoms with van der Waals surface area (Å²) in [5, 5.41) is 3.57. The Bertz CT molecular complexity index is 750. The van der Waals surface area contributed by atoms with Crippen molar-refractivity contribution < 1.29 is 13.5 Å². The van der Waals surface area contributed by atoms with Crippen LogP contribution in [-0.4, -0.2) is 32.3 Å². The van der Waals surface area contributed by atoms with E-state index < -0.39 is 0 Å². The van der Waals surface area contributed by atoms with Crippen LogP contribution in [0.15, 0.2) is 42.5 Å². The van der Waals surface area contributed by atoms with Crippen LogP contribution >= 0.6 is 0 Å². The lowest BCUT2D eigenvalue weighted by molar-refractivity contribution is 0.0331. The Morgan fingerprint density at radius 1 is 1.04 bits per heavy atom. The maximum Gasteiger partial charge on any atom is 0.123 e. The number of nitrogens with zero attached hydrogens (tertiary/aromatic N) is 1. The van der Waals surface area contributed by atoms with Gasteiger partial charge in [0.15, 0.2) is 0 Å². The Morgan fingerprint density at radius 3 is 2.69 bits per heavy atom. The SMILES string of the molecule is Fc1ccc(N2CCNC(CCC3OCCc4cc(F)ccc43)C2)cc1. The van der Waals surface area contributed by atoms with Crippen molar-refractivity contribution >= 4 is 5.69 Å². The fraction of sp³-hybridized carbons (Fsp3) is 0.429. The third-order valence-electron chi connectivity index (χ3n) is 5.37. The van der Waals surface area contributed by atoms with Crippen LogP contribution in [0.2, 0.25) is 0 Å². The van der Waals surface area contributed by atoms with Gasteiger partial charge in [0.25, 0.3) is 0 Å². The fourth-order valence-electron chi connectivity index (χ4n) is 4.00. The van der Waals surface area contributed by atoms with E-state index in [1.54, 1.807) is 6.07 Å². The van der Waals surface area contributed by atoms with Gasteiger partial charge in [-0.05, 0) is 66.8 Å². The van der Waals surface area contributed by atoms with Gasteiger partial charge in [-0.15, -0.1) is 0 Å². The average molecular weight is 358 g/mol. The summed E-state index contributed by atoms with van der Waals surface area (Å²) in [6.07, 6.45) is 2.72. The number of rotatable bonds is 4. The topological polar surface area (TPSA) is 24.5 Å². The van der Waals surface area contributed by atoms with Gasteiger partial charge < -0.3 is 15.0 Å². The van der Waals surface area contributed by atoms with E-state index in [1.807, 2.05) is 18.2 Å². The minimum absolute atomic E-state index is 0.0438. The Kier molecular flexibility index (Phi) is 5.18. The van der Waals surface area contributed by atoms with Crippen molar-refractivity contribution in [3.63, 3.8) is 0 Å². The third-order valence-corrected chi connectivity index (χ3v) is 5.37. The Hall–Kier alpha value is -1.98. The van der Waals surface area contributed by atoms with Crippen LogP contribution in [0.1, 0.15) is 30.1 Å². The van der Waals surface area contributed by atoms with Gasteiger partial charge in [0, 0.05) is 31.4 Å². The van der Waals surface area contributed by atoms with Crippen molar-refractivity contribution in [2.45, 2.75) is 31.4 Å². The highest BCUT2D eigenvalue weighted by Crippen LogP contribution is 2.32. The summed E-state index contributed by atoms with van der Waals surface area (Å²) in [4.78, 5) is 2.30. The lowest BCUT2D eigenvalue weighted by atomic mass is 9.93. The number of ether oxygens (including phenoxy) is 1. The van der Waals surface area contributed by atoms with Gasteiger partial charge in [0.1, 0.15) is 11.6 Å². The molecule has 26 heavy (non-hydrogen) atoms. The smallest absolute Gasteiger partial charge is 0.123 e. The molecule has 2 aliphatic heterocycles. The maximum absolute atomic E-state index is 13.4. The Balaban J connectivity index is 1.37. The van der Waals surface area contributed by atoms with Crippen molar-refractivity contribution in [3.05, 3.63) is 65.2 Å². The largest absolute Gasteiger partial charge is 0.373 e. The zero-order valence-corrected chi connectivity index (χ0v) is 14.8. The molecule has 1 saturated heterocycles. The molecule has 0 bridgehead atoms. The summed E-state index contributed by atoms with van der Waals surface area (Å²) >= 11 is 0. The van der Waals surface area contributed by atoms with Crippen LogP contribution in [0.25, 0.3) is 0 Å². The van der Waals surface area contributed by atoms with Gasteiger partial charge in [-0.3, -0.25) is 0 Å². The predicted molar refractivity (Wildman–Crippen MR) is 98.4 cm³/mol. The lowest BCUT2D eigenvalue weighted by Gasteiger charge is -2.36. The van der Waals surface area contributed by atoms with E-state index in [1.165, 1.54) is 18.2 Å². The molecule has 0 spiro atoms. The van der Waals surface area contributed by atoms with Gasteiger partial charge in [-0.2, -0.15) is 0 Å². The van der Waals surface area contributed by atoms with Crippen LogP contribution in [0.5, 0.6) is 0 Å². The molecule has 0 amide bonds. The Labute approximate surface area is 153 Å². The standard InChI is InChI=1S/C21H24F2N2O/c22-16-1-5-19(6-2-16)25-11-10-24-18(14-25)4-8-21-20-7-3-17(23)13-15(20)9-12-26-21/h1-3,5-7,13,18,21,24H,4,8-12,14H2. The first-order valence-electron chi connectivity index (χ1n) is 9.33. The molecule has 1 N–H and O–H groups in total. The average Bonchev–Trinajstić information content (AvgIpc) is 2.67. The number of halogens is 2. The van der Waals surface area contributed by atoms with Crippen LogP contribution < -0.4 is 10.2 Å². The van der Waals surface area contributed by atoms with E-state index in [0.29, 0.717) is 12.6 Å². The van der Waals surface area contributed by atoms with E-state index in [4.69, 9.17) is 4.74 Å². The predicted octanol–water partition coefficient (Wildman–Crippen LogP) is 3.84. The molecule has 2 unspecified atom stereocenters. The van der Waals surface area contributed by atoms with Crippen molar-refractivity contribution in [3.8, 4) is 0 Å². The van der Waals surface area contributed by atoms with Crippen LogP contribution in [0.4, 0.5) is 14.5 Å². The number of piperazine rings is 1. The Morgan fingerprint density at radius 2 is 1.85 bits per heavy atom. The minimum Gasteiger partial charge on any atom is -0.373 e. The summed E-state index contributed by atoms with van der Waals surface area (Å²) in [7, 11) is 0. The highest BCUT2D eigenvalue weighted by atomic mass is 19.1. The maximum atomic E-state index is 13.4. The molecule has 2 aliphatic rings. The molecular weight excluding hydrogens is 334 g/mol. The number of anilines is 1. The van der Waals surface area contributed by atoms with Gasteiger partial charge in [0.2, 0.25) is 0 Å². The summed E-state index contributed by atoms with van der Waals surface area (Å²) < 4.78 is 32.5. The van der Waals surface area contributed by atoms with Gasteiger partial charge in [-0.25, -0.2) is 8.78 Å². The highest BCUT2D eigenvalue weighted by molar-refractivity contribution is 5.47. The summed E-state index contributed by atoms with van der Waals surface area (Å²) in [5.41, 5.74) is 3.27. The van der Waals surface area contributed by atoms with Crippen molar-refractivity contribution in [1.82, 2.24) is 5.32 Å². The van der Waals surface area contributed by atoms with Gasteiger partial charge in [-0.1, -0.05) is 6.07 Å². The number of hydrogen-bond donors (Lipinski definition) is 1. The van der Waals surface area contributed by atoms with E-state index in [0.717, 1.165) is 55.7 Å². The molecule has 2 aromatic carbocycles. The fourth-order valence-corrected chi connectivity index (χ4v) is 4.00. The monoisotopic (exact) mass is 358 g/mol.